The Kier molecular flexibility index (Phi) is 6.56. The summed E-state index contributed by atoms with van der Waals surface area (Å²) in [6.07, 6.45) is 5.54. The van der Waals surface area contributed by atoms with Crippen LogP contribution in [0.15, 0.2) is 41.1 Å². The van der Waals surface area contributed by atoms with E-state index in [4.69, 9.17) is 11.6 Å². The summed E-state index contributed by atoms with van der Waals surface area (Å²) in [5.41, 5.74) is 5.38. The van der Waals surface area contributed by atoms with E-state index in [1.165, 1.54) is 0 Å². The summed E-state index contributed by atoms with van der Waals surface area (Å²) >= 11 is 6.36. The molecule has 1 heterocycles. The van der Waals surface area contributed by atoms with Crippen LogP contribution >= 0.6 is 11.6 Å². The monoisotopic (exact) mass is 426 g/mol. The highest BCUT2D eigenvalue weighted by Crippen LogP contribution is 2.31. The number of benzene rings is 1. The van der Waals surface area contributed by atoms with Crippen molar-refractivity contribution in [1.29, 1.82) is 0 Å². The Morgan fingerprint density at radius 2 is 1.93 bits per heavy atom. The highest BCUT2D eigenvalue weighted by molar-refractivity contribution is 6.32. The van der Waals surface area contributed by atoms with Crippen molar-refractivity contribution < 1.29 is 9.59 Å². The van der Waals surface area contributed by atoms with Gasteiger partial charge in [-0.2, -0.15) is 0 Å². The Morgan fingerprint density at radius 3 is 2.57 bits per heavy atom. The average molecular weight is 427 g/mol. The van der Waals surface area contributed by atoms with E-state index < -0.39 is 0 Å². The lowest BCUT2D eigenvalue weighted by molar-refractivity contribution is -0.115. The van der Waals surface area contributed by atoms with Crippen molar-refractivity contribution in [3.8, 4) is 0 Å². The van der Waals surface area contributed by atoms with Crippen LogP contribution in [0.5, 0.6) is 0 Å². The molecule has 1 N–H and O–H groups in total. The Morgan fingerprint density at radius 1 is 1.23 bits per heavy atom. The van der Waals surface area contributed by atoms with E-state index in [1.807, 2.05) is 19.9 Å². The second-order valence-corrected chi connectivity index (χ2v) is 9.11. The average Bonchev–Trinajstić information content (AvgIpc) is 3.01. The SMILES string of the molecule is CCC(C)C1=C(CNC(=O)c2cc(Cl)cc3c2c(C)cn3C(C)C)C(=O)CC(C)=C1. The molecule has 1 atom stereocenters. The maximum absolute atomic E-state index is 13.2. The number of ketones is 1. The first-order chi connectivity index (χ1) is 14.1. The summed E-state index contributed by atoms with van der Waals surface area (Å²) in [5.74, 6) is 0.169. The number of fused-ring (bicyclic) bond motifs is 1. The van der Waals surface area contributed by atoms with Gasteiger partial charge in [0.05, 0.1) is 11.1 Å². The third kappa shape index (κ3) is 4.24. The molecule has 0 saturated carbocycles. The van der Waals surface area contributed by atoms with Crippen molar-refractivity contribution in [1.82, 2.24) is 9.88 Å². The summed E-state index contributed by atoms with van der Waals surface area (Å²) < 4.78 is 2.13. The number of aryl methyl sites for hydroxylation is 1. The molecule has 1 aliphatic carbocycles. The van der Waals surface area contributed by atoms with Gasteiger partial charge in [0.1, 0.15) is 0 Å². The molecule has 5 heteroatoms. The van der Waals surface area contributed by atoms with Crippen LogP contribution in [0.2, 0.25) is 5.02 Å². The predicted molar refractivity (Wildman–Crippen MR) is 124 cm³/mol. The number of carbonyl (C=O) groups is 2. The molecule has 4 nitrogen and oxygen atoms in total. The number of hydrogen-bond acceptors (Lipinski definition) is 2. The molecule has 0 saturated heterocycles. The fraction of sp³-hybridized carbons (Fsp3) is 0.440. The van der Waals surface area contributed by atoms with E-state index in [0.717, 1.165) is 39.6 Å². The standard InChI is InChI=1S/C25H31ClN2O2/c1-7-16(5)19-8-15(4)9-23(29)21(19)12-27-25(30)20-10-18(26)11-22-24(20)17(6)13-28(22)14(2)3/h8,10-11,13-14,16H,7,9,12H2,1-6H3,(H,27,30). The second kappa shape index (κ2) is 8.81. The number of carbonyl (C=O) groups excluding carboxylic acids is 2. The highest BCUT2D eigenvalue weighted by Gasteiger charge is 2.24. The first kappa shape index (κ1) is 22.4. The zero-order chi connectivity index (χ0) is 22.2. The molecule has 2 aromatic rings. The van der Waals surface area contributed by atoms with E-state index in [1.54, 1.807) is 6.07 Å². The molecule has 0 radical (unpaired) electrons. The Labute approximate surface area is 184 Å². The normalized spacial score (nSPS) is 15.7. The van der Waals surface area contributed by atoms with E-state index in [0.29, 0.717) is 17.0 Å². The van der Waals surface area contributed by atoms with Crippen molar-refractivity contribution in [2.24, 2.45) is 5.92 Å². The van der Waals surface area contributed by atoms with E-state index in [9.17, 15) is 9.59 Å². The minimum absolute atomic E-state index is 0.101. The number of rotatable bonds is 6. The molecule has 3 rings (SSSR count). The quantitative estimate of drug-likeness (QED) is 0.599. The Bertz CT molecular complexity index is 1070. The van der Waals surface area contributed by atoms with Crippen LogP contribution in [0.1, 0.15) is 69.4 Å². The van der Waals surface area contributed by atoms with Crippen molar-refractivity contribution in [3.63, 3.8) is 0 Å². The number of aromatic nitrogens is 1. The number of hydrogen-bond donors (Lipinski definition) is 1. The molecule has 1 aliphatic rings. The van der Waals surface area contributed by atoms with Gasteiger partial charge < -0.3 is 9.88 Å². The van der Waals surface area contributed by atoms with Crippen LogP contribution in [0.25, 0.3) is 10.9 Å². The summed E-state index contributed by atoms with van der Waals surface area (Å²) in [6.45, 7) is 12.7. The van der Waals surface area contributed by atoms with Crippen molar-refractivity contribution in [2.45, 2.75) is 60.4 Å². The first-order valence-electron chi connectivity index (χ1n) is 10.7. The number of Topliss-reactive ketones (excluding diaryl/α,β-unsaturated/α-hetero) is 1. The third-order valence-corrected chi connectivity index (χ3v) is 6.20. The Balaban J connectivity index is 1.97. The minimum atomic E-state index is -0.206. The topological polar surface area (TPSA) is 51.1 Å². The van der Waals surface area contributed by atoms with Crippen LogP contribution in [0.4, 0.5) is 0 Å². The maximum Gasteiger partial charge on any atom is 0.252 e. The second-order valence-electron chi connectivity index (χ2n) is 8.68. The first-order valence-corrected chi connectivity index (χ1v) is 11.0. The van der Waals surface area contributed by atoms with Crippen molar-refractivity contribution in [3.05, 3.63) is 57.3 Å². The number of amides is 1. The van der Waals surface area contributed by atoms with Gasteiger partial charge in [0, 0.05) is 41.2 Å². The van der Waals surface area contributed by atoms with Crippen LogP contribution in [-0.2, 0) is 4.79 Å². The molecule has 0 aliphatic heterocycles. The zero-order valence-corrected chi connectivity index (χ0v) is 19.5. The van der Waals surface area contributed by atoms with Crippen molar-refractivity contribution >= 4 is 34.2 Å². The van der Waals surface area contributed by atoms with Gasteiger partial charge >= 0.3 is 0 Å². The number of allylic oxidation sites excluding steroid dienone is 3. The van der Waals surface area contributed by atoms with Crippen LogP contribution in [0.3, 0.4) is 0 Å². The lowest BCUT2D eigenvalue weighted by Crippen LogP contribution is -2.30. The largest absolute Gasteiger partial charge is 0.348 e. The minimum Gasteiger partial charge on any atom is -0.348 e. The molecular formula is C25H31ClN2O2. The predicted octanol–water partition coefficient (Wildman–Crippen LogP) is 6.18. The molecule has 0 fully saturated rings. The summed E-state index contributed by atoms with van der Waals surface area (Å²) in [4.78, 5) is 25.9. The molecule has 1 aromatic carbocycles. The Hall–Kier alpha value is -2.33. The summed E-state index contributed by atoms with van der Waals surface area (Å²) in [5, 5.41) is 4.43. The lowest BCUT2D eigenvalue weighted by Gasteiger charge is -2.22. The van der Waals surface area contributed by atoms with Crippen molar-refractivity contribution in [2.75, 3.05) is 6.54 Å². The number of halogens is 1. The van der Waals surface area contributed by atoms with Gasteiger partial charge in [-0.1, -0.05) is 37.1 Å². The molecule has 30 heavy (non-hydrogen) atoms. The zero-order valence-electron chi connectivity index (χ0n) is 18.7. The molecule has 0 spiro atoms. The van der Waals surface area contributed by atoms with Crippen LogP contribution in [0, 0.1) is 12.8 Å². The van der Waals surface area contributed by atoms with Gasteiger partial charge in [-0.25, -0.2) is 0 Å². The van der Waals surface area contributed by atoms with Crippen LogP contribution in [-0.4, -0.2) is 22.8 Å². The summed E-state index contributed by atoms with van der Waals surface area (Å²) in [6, 6.07) is 3.88. The van der Waals surface area contributed by atoms with Gasteiger partial charge in [0.15, 0.2) is 5.78 Å². The van der Waals surface area contributed by atoms with E-state index >= 15 is 0 Å². The van der Waals surface area contributed by atoms with Gasteiger partial charge in [0.25, 0.3) is 5.91 Å². The van der Waals surface area contributed by atoms with Gasteiger partial charge in [-0.15, -0.1) is 0 Å². The highest BCUT2D eigenvalue weighted by atomic mass is 35.5. The number of nitrogens with one attached hydrogen (secondary N) is 1. The smallest absolute Gasteiger partial charge is 0.252 e. The molecule has 1 unspecified atom stereocenters. The number of nitrogens with zero attached hydrogens (tertiary/aromatic N) is 1. The molecule has 1 aromatic heterocycles. The van der Waals surface area contributed by atoms with Gasteiger partial charge in [0.2, 0.25) is 0 Å². The summed E-state index contributed by atoms with van der Waals surface area (Å²) in [7, 11) is 0. The fourth-order valence-corrected chi connectivity index (χ4v) is 4.42. The maximum atomic E-state index is 13.2. The molecule has 160 valence electrons. The molecule has 0 bridgehead atoms. The lowest BCUT2D eigenvalue weighted by atomic mass is 9.84. The molecule has 1 amide bonds. The van der Waals surface area contributed by atoms with E-state index in [-0.39, 0.29) is 30.2 Å². The van der Waals surface area contributed by atoms with Gasteiger partial charge in [-0.3, -0.25) is 9.59 Å². The van der Waals surface area contributed by atoms with Crippen LogP contribution < -0.4 is 5.32 Å². The molecular weight excluding hydrogens is 396 g/mol. The van der Waals surface area contributed by atoms with Gasteiger partial charge in [-0.05, 0) is 63.3 Å². The van der Waals surface area contributed by atoms with E-state index in [2.05, 4.69) is 49.9 Å². The fourth-order valence-electron chi connectivity index (χ4n) is 4.21. The third-order valence-electron chi connectivity index (χ3n) is 5.98.